The number of amides is 1. The topological polar surface area (TPSA) is 108 Å². The van der Waals surface area contributed by atoms with E-state index in [9.17, 15) is 14.9 Å². The maximum atomic E-state index is 13.0. The number of anilines is 1. The van der Waals surface area contributed by atoms with Crippen LogP contribution in [0.15, 0.2) is 36.7 Å². The van der Waals surface area contributed by atoms with E-state index in [0.29, 0.717) is 17.9 Å². The summed E-state index contributed by atoms with van der Waals surface area (Å²) in [5, 5.41) is 22.4. The Balaban J connectivity index is 1.82. The molecule has 1 N–H and O–H groups in total. The number of hydrogen-bond acceptors (Lipinski definition) is 5. The van der Waals surface area contributed by atoms with Crippen LogP contribution in [0.4, 0.5) is 11.4 Å². The van der Waals surface area contributed by atoms with Crippen LogP contribution in [0.3, 0.4) is 0 Å². The predicted molar refractivity (Wildman–Crippen MR) is 109 cm³/mol. The molecule has 0 radical (unpaired) electrons. The average Bonchev–Trinajstić information content (AvgIpc) is 3.24. The quantitative estimate of drug-likeness (QED) is 0.508. The van der Waals surface area contributed by atoms with Gasteiger partial charge in [0.15, 0.2) is 0 Å². The summed E-state index contributed by atoms with van der Waals surface area (Å²) in [4.78, 5) is 23.3. The third kappa shape index (κ3) is 4.03. The molecule has 0 fully saturated rings. The van der Waals surface area contributed by atoms with Gasteiger partial charge in [-0.1, -0.05) is 29.8 Å². The summed E-state index contributed by atoms with van der Waals surface area (Å²) in [7, 11) is 0. The van der Waals surface area contributed by atoms with Crippen LogP contribution < -0.4 is 5.32 Å². The molecule has 29 heavy (non-hydrogen) atoms. The lowest BCUT2D eigenvalue weighted by atomic mass is 10.0. The van der Waals surface area contributed by atoms with E-state index in [-0.39, 0.29) is 11.6 Å². The predicted octanol–water partition coefficient (Wildman–Crippen LogP) is 3.34. The van der Waals surface area contributed by atoms with Crippen molar-refractivity contribution in [3.05, 3.63) is 69.3 Å². The minimum atomic E-state index is -1.12. The highest BCUT2D eigenvalue weighted by molar-refractivity contribution is 5.97. The maximum absolute atomic E-state index is 13.0. The van der Waals surface area contributed by atoms with E-state index in [1.165, 1.54) is 16.4 Å². The third-order valence-corrected chi connectivity index (χ3v) is 4.94. The Morgan fingerprint density at radius 1 is 1.28 bits per heavy atom. The molecule has 3 aromatic rings. The highest BCUT2D eigenvalue weighted by Gasteiger charge is 2.33. The lowest BCUT2D eigenvalue weighted by Crippen LogP contribution is -2.40. The van der Waals surface area contributed by atoms with Gasteiger partial charge in [0.1, 0.15) is 17.9 Å². The molecule has 2 heterocycles. The summed E-state index contributed by atoms with van der Waals surface area (Å²) in [5.41, 5.74) is 3.18. The summed E-state index contributed by atoms with van der Waals surface area (Å²) in [5.74, 6) is -0.336. The highest BCUT2D eigenvalue weighted by atomic mass is 16.6. The van der Waals surface area contributed by atoms with Gasteiger partial charge in [0, 0.05) is 0 Å². The Kier molecular flexibility index (Phi) is 5.23. The van der Waals surface area contributed by atoms with E-state index in [0.717, 1.165) is 17.5 Å². The van der Waals surface area contributed by atoms with Crippen molar-refractivity contribution in [2.75, 3.05) is 5.32 Å². The smallest absolute Gasteiger partial charge is 0.307 e. The Morgan fingerprint density at radius 3 is 2.62 bits per heavy atom. The first kappa shape index (κ1) is 20.2. The summed E-state index contributed by atoms with van der Waals surface area (Å²) >= 11 is 0. The molecule has 0 aliphatic rings. The molecule has 1 aromatic carbocycles. The molecule has 0 saturated carbocycles. The van der Waals surface area contributed by atoms with Crippen molar-refractivity contribution in [3.63, 3.8) is 0 Å². The number of carbonyl (C=O) groups excluding carboxylic acids is 1. The zero-order valence-corrected chi connectivity index (χ0v) is 17.1. The van der Waals surface area contributed by atoms with Crippen molar-refractivity contribution >= 4 is 17.3 Å². The van der Waals surface area contributed by atoms with Gasteiger partial charge in [0.2, 0.25) is 0 Å². The molecule has 152 valence electrons. The summed E-state index contributed by atoms with van der Waals surface area (Å²) in [6.45, 7) is 9.68. The number of nitrogens with one attached hydrogen (secondary N) is 1. The fraction of sp³-hybridized carbons (Fsp3) is 0.350. The van der Waals surface area contributed by atoms with Crippen LogP contribution in [-0.4, -0.2) is 30.4 Å². The first-order chi connectivity index (χ1) is 13.6. The highest BCUT2D eigenvalue weighted by Crippen LogP contribution is 2.25. The minimum Gasteiger partial charge on any atom is -0.321 e. The first-order valence-corrected chi connectivity index (χ1v) is 9.20. The first-order valence-electron chi connectivity index (χ1n) is 9.20. The van der Waals surface area contributed by atoms with Crippen LogP contribution in [0.1, 0.15) is 36.4 Å². The van der Waals surface area contributed by atoms with E-state index in [4.69, 9.17) is 0 Å². The molecule has 0 atom stereocenters. The van der Waals surface area contributed by atoms with Crippen molar-refractivity contribution in [2.45, 2.75) is 46.7 Å². The van der Waals surface area contributed by atoms with Crippen molar-refractivity contribution in [2.24, 2.45) is 0 Å². The van der Waals surface area contributed by atoms with Crippen LogP contribution in [0, 0.1) is 30.9 Å². The largest absolute Gasteiger partial charge is 0.321 e. The molecule has 3 rings (SSSR count). The fourth-order valence-electron chi connectivity index (χ4n) is 3.10. The molecule has 9 heteroatoms. The van der Waals surface area contributed by atoms with Gasteiger partial charge >= 0.3 is 5.69 Å². The molecular formula is C20H24N6O3. The summed E-state index contributed by atoms with van der Waals surface area (Å²) < 4.78 is 3.15. The SMILES string of the molecule is Cc1cccc(Cn2nc(C)c(NC(=O)C(C)(C)n3cc([N+](=O)[O-])cn3)c2C)c1. The lowest BCUT2D eigenvalue weighted by molar-refractivity contribution is -0.385. The van der Waals surface area contributed by atoms with Crippen LogP contribution in [0.5, 0.6) is 0 Å². The van der Waals surface area contributed by atoms with Crippen LogP contribution in [-0.2, 0) is 16.9 Å². The number of nitrogens with zero attached hydrogens (tertiary/aromatic N) is 5. The number of benzene rings is 1. The van der Waals surface area contributed by atoms with Gasteiger partial charge in [0.25, 0.3) is 5.91 Å². The second-order valence-electron chi connectivity index (χ2n) is 7.61. The number of carbonyl (C=O) groups is 1. The number of rotatable bonds is 6. The Morgan fingerprint density at radius 2 is 2.00 bits per heavy atom. The summed E-state index contributed by atoms with van der Waals surface area (Å²) in [6, 6.07) is 8.18. The third-order valence-electron chi connectivity index (χ3n) is 4.94. The monoisotopic (exact) mass is 396 g/mol. The molecule has 0 saturated heterocycles. The lowest BCUT2D eigenvalue weighted by Gasteiger charge is -2.24. The van der Waals surface area contributed by atoms with Gasteiger partial charge in [0.05, 0.1) is 28.5 Å². The molecule has 1 amide bonds. The Labute approximate surface area is 168 Å². The zero-order chi connectivity index (χ0) is 21.3. The van der Waals surface area contributed by atoms with Crippen molar-refractivity contribution in [1.82, 2.24) is 19.6 Å². The molecule has 0 aliphatic carbocycles. The Bertz CT molecular complexity index is 1080. The molecule has 9 nitrogen and oxygen atoms in total. The average molecular weight is 396 g/mol. The standard InChI is InChI=1S/C20H24N6O3/c1-13-7-6-8-16(9-13)11-24-15(3)18(14(2)23-24)22-19(27)20(4,5)25-12-17(10-21-25)26(28)29/h6-10,12H,11H2,1-5H3,(H,22,27). The fourth-order valence-corrected chi connectivity index (χ4v) is 3.10. The molecular weight excluding hydrogens is 372 g/mol. The van der Waals surface area contributed by atoms with E-state index in [2.05, 4.69) is 21.6 Å². The van der Waals surface area contributed by atoms with Crippen molar-refractivity contribution < 1.29 is 9.72 Å². The second kappa shape index (κ2) is 7.50. The summed E-state index contributed by atoms with van der Waals surface area (Å²) in [6.07, 6.45) is 2.38. The number of aryl methyl sites for hydroxylation is 2. The molecule has 0 bridgehead atoms. The minimum absolute atomic E-state index is 0.163. The van der Waals surface area contributed by atoms with Crippen molar-refractivity contribution in [3.8, 4) is 0 Å². The van der Waals surface area contributed by atoms with Crippen molar-refractivity contribution in [1.29, 1.82) is 0 Å². The van der Waals surface area contributed by atoms with E-state index in [1.807, 2.05) is 43.7 Å². The zero-order valence-electron chi connectivity index (χ0n) is 17.1. The number of hydrogen-bond donors (Lipinski definition) is 1. The van der Waals surface area contributed by atoms with Crippen LogP contribution >= 0.6 is 0 Å². The number of nitro groups is 1. The van der Waals surface area contributed by atoms with Gasteiger partial charge in [-0.15, -0.1) is 0 Å². The van der Waals surface area contributed by atoms with Crippen LogP contribution in [0.25, 0.3) is 0 Å². The van der Waals surface area contributed by atoms with Gasteiger partial charge in [-0.25, -0.2) is 0 Å². The normalized spacial score (nSPS) is 11.5. The number of aromatic nitrogens is 4. The van der Waals surface area contributed by atoms with Crippen LogP contribution in [0.2, 0.25) is 0 Å². The van der Waals surface area contributed by atoms with Gasteiger partial charge in [-0.3, -0.25) is 24.3 Å². The van der Waals surface area contributed by atoms with E-state index >= 15 is 0 Å². The van der Waals surface area contributed by atoms with E-state index < -0.39 is 10.5 Å². The molecule has 0 aliphatic heterocycles. The van der Waals surface area contributed by atoms with Gasteiger partial charge < -0.3 is 5.32 Å². The van der Waals surface area contributed by atoms with Gasteiger partial charge in [-0.2, -0.15) is 10.2 Å². The van der Waals surface area contributed by atoms with Gasteiger partial charge in [-0.05, 0) is 40.2 Å². The molecule has 0 unspecified atom stereocenters. The maximum Gasteiger partial charge on any atom is 0.307 e. The van der Waals surface area contributed by atoms with E-state index in [1.54, 1.807) is 13.8 Å². The second-order valence-corrected chi connectivity index (χ2v) is 7.61. The molecule has 0 spiro atoms. The molecule has 2 aromatic heterocycles. The Hall–Kier alpha value is -3.49.